The average Bonchev–Trinajstić information content (AvgIpc) is 2.88. The van der Waals surface area contributed by atoms with Gasteiger partial charge in [0.25, 0.3) is 0 Å². The minimum absolute atomic E-state index is 0.000539. The van der Waals surface area contributed by atoms with Gasteiger partial charge in [-0.3, -0.25) is 4.79 Å². The summed E-state index contributed by atoms with van der Waals surface area (Å²) >= 11 is 0. The molecule has 1 aliphatic heterocycles. The van der Waals surface area contributed by atoms with Crippen molar-refractivity contribution in [2.24, 2.45) is 0 Å². The summed E-state index contributed by atoms with van der Waals surface area (Å²) < 4.78 is 12.5. The number of hydrogen-bond acceptors (Lipinski definition) is 6. The van der Waals surface area contributed by atoms with Crippen LogP contribution in [0.3, 0.4) is 0 Å². The van der Waals surface area contributed by atoms with E-state index < -0.39 is 5.97 Å². The zero-order valence-electron chi connectivity index (χ0n) is 10.9. The second kappa shape index (κ2) is 6.58. The van der Waals surface area contributed by atoms with Crippen LogP contribution < -0.4 is 0 Å². The smallest absolute Gasteiger partial charge is 0.305 e. The molecule has 0 radical (unpaired) electrons. The molecule has 2 atom stereocenters. The van der Waals surface area contributed by atoms with E-state index in [9.17, 15) is 4.79 Å². The van der Waals surface area contributed by atoms with Crippen LogP contribution in [-0.2, 0) is 14.3 Å². The molecule has 1 saturated heterocycles. The van der Waals surface area contributed by atoms with Gasteiger partial charge in [0.1, 0.15) is 6.10 Å². The molecule has 1 fully saturated rings. The number of nitrogens with zero attached hydrogens (tertiary/aromatic N) is 4. The van der Waals surface area contributed by atoms with E-state index in [-0.39, 0.29) is 18.6 Å². The van der Waals surface area contributed by atoms with Crippen molar-refractivity contribution < 1.29 is 19.4 Å². The normalized spacial score (nSPS) is 21.2. The molecule has 2 heterocycles. The second-order valence-electron chi connectivity index (χ2n) is 4.46. The summed E-state index contributed by atoms with van der Waals surface area (Å²) in [7, 11) is 0. The number of rotatable bonds is 6. The van der Waals surface area contributed by atoms with E-state index >= 15 is 0 Å². The van der Waals surface area contributed by atoms with E-state index in [1.54, 1.807) is 4.68 Å². The number of tetrazole rings is 1. The Morgan fingerprint density at radius 3 is 3.05 bits per heavy atom. The van der Waals surface area contributed by atoms with Gasteiger partial charge < -0.3 is 14.6 Å². The topological polar surface area (TPSA) is 99.4 Å². The summed E-state index contributed by atoms with van der Waals surface area (Å²) in [6.45, 7) is 3.45. The van der Waals surface area contributed by atoms with Gasteiger partial charge in [0.15, 0.2) is 5.82 Å². The third kappa shape index (κ3) is 3.48. The van der Waals surface area contributed by atoms with Crippen molar-refractivity contribution in [2.45, 2.75) is 38.3 Å². The number of hydrogen-bond donors (Lipinski definition) is 1. The Kier molecular flexibility index (Phi) is 4.80. The molecular formula is C11H18N4O4. The maximum absolute atomic E-state index is 10.9. The van der Waals surface area contributed by atoms with Crippen molar-refractivity contribution in [2.75, 3.05) is 19.8 Å². The van der Waals surface area contributed by atoms with Crippen molar-refractivity contribution >= 4 is 5.97 Å². The molecule has 0 amide bonds. The number of aliphatic carboxylic acids is 1. The van der Waals surface area contributed by atoms with E-state index in [4.69, 9.17) is 14.6 Å². The van der Waals surface area contributed by atoms with Gasteiger partial charge in [-0.15, -0.1) is 5.10 Å². The Balaban J connectivity index is 2.17. The lowest BCUT2D eigenvalue weighted by molar-refractivity contribution is -0.138. The van der Waals surface area contributed by atoms with Crippen LogP contribution in [0.15, 0.2) is 0 Å². The highest BCUT2D eigenvalue weighted by Crippen LogP contribution is 2.24. The Hall–Kier alpha value is -1.54. The van der Waals surface area contributed by atoms with Crippen LogP contribution in [0.1, 0.15) is 44.2 Å². The van der Waals surface area contributed by atoms with Crippen molar-refractivity contribution in [3.63, 3.8) is 0 Å². The van der Waals surface area contributed by atoms with Crippen LogP contribution in [0, 0.1) is 0 Å². The minimum Gasteiger partial charge on any atom is -0.481 e. The van der Waals surface area contributed by atoms with Gasteiger partial charge in [-0.25, -0.2) is 4.68 Å². The highest BCUT2D eigenvalue weighted by Gasteiger charge is 2.27. The maximum Gasteiger partial charge on any atom is 0.305 e. The van der Waals surface area contributed by atoms with Gasteiger partial charge >= 0.3 is 5.97 Å². The molecule has 8 heteroatoms. The first-order valence-corrected chi connectivity index (χ1v) is 6.41. The molecule has 106 valence electrons. The van der Waals surface area contributed by atoms with E-state index in [0.29, 0.717) is 32.1 Å². The lowest BCUT2D eigenvalue weighted by Gasteiger charge is -2.24. The number of carboxylic acid groups (broad SMARTS) is 1. The van der Waals surface area contributed by atoms with E-state index in [1.165, 1.54) is 0 Å². The SMILES string of the molecule is CCCC(CC(=O)O)n1nnnc1C1COCCO1. The van der Waals surface area contributed by atoms with Gasteiger partial charge in [-0.2, -0.15) is 0 Å². The van der Waals surface area contributed by atoms with E-state index in [1.807, 2.05) is 6.92 Å². The van der Waals surface area contributed by atoms with Crippen LogP contribution in [0.2, 0.25) is 0 Å². The van der Waals surface area contributed by atoms with Gasteiger partial charge in [0.2, 0.25) is 0 Å². The Bertz CT molecular complexity index is 417. The van der Waals surface area contributed by atoms with Crippen molar-refractivity contribution in [1.82, 2.24) is 20.2 Å². The molecule has 8 nitrogen and oxygen atoms in total. The first kappa shape index (κ1) is 13.9. The largest absolute Gasteiger partial charge is 0.481 e. The van der Waals surface area contributed by atoms with Crippen molar-refractivity contribution in [3.05, 3.63) is 5.82 Å². The highest BCUT2D eigenvalue weighted by molar-refractivity contribution is 5.67. The number of ether oxygens (including phenoxy) is 2. The zero-order valence-corrected chi connectivity index (χ0v) is 10.9. The molecule has 0 aliphatic carbocycles. The summed E-state index contributed by atoms with van der Waals surface area (Å²) in [5.74, 6) is -0.319. The number of carbonyl (C=O) groups is 1. The summed E-state index contributed by atoms with van der Waals surface area (Å²) in [6, 6.07) is -0.252. The third-order valence-electron chi connectivity index (χ3n) is 3.00. The Labute approximate surface area is 110 Å². The summed E-state index contributed by atoms with van der Waals surface area (Å²) in [5, 5.41) is 20.5. The zero-order chi connectivity index (χ0) is 13.7. The van der Waals surface area contributed by atoms with Gasteiger partial charge in [-0.1, -0.05) is 13.3 Å². The van der Waals surface area contributed by atoms with Crippen molar-refractivity contribution in [1.29, 1.82) is 0 Å². The third-order valence-corrected chi connectivity index (χ3v) is 3.00. The molecule has 0 bridgehead atoms. The van der Waals surface area contributed by atoms with Crippen LogP contribution in [-0.4, -0.2) is 51.1 Å². The summed E-state index contributed by atoms with van der Waals surface area (Å²) in [6.07, 6.45) is 1.24. The molecule has 1 aromatic rings. The maximum atomic E-state index is 10.9. The fourth-order valence-electron chi connectivity index (χ4n) is 2.16. The molecule has 2 rings (SSSR count). The molecule has 1 N–H and O–H groups in total. The highest BCUT2D eigenvalue weighted by atomic mass is 16.6. The molecule has 1 aliphatic rings. The Morgan fingerprint density at radius 2 is 2.42 bits per heavy atom. The number of aromatic nitrogens is 4. The van der Waals surface area contributed by atoms with Crippen LogP contribution in [0.5, 0.6) is 0 Å². The predicted molar refractivity (Wildman–Crippen MR) is 63.5 cm³/mol. The second-order valence-corrected chi connectivity index (χ2v) is 4.46. The molecule has 0 spiro atoms. The average molecular weight is 270 g/mol. The summed E-state index contributed by atoms with van der Waals surface area (Å²) in [5.41, 5.74) is 0. The predicted octanol–water partition coefficient (Wildman–Crippen LogP) is 0.577. The van der Waals surface area contributed by atoms with E-state index in [0.717, 1.165) is 6.42 Å². The summed E-state index contributed by atoms with van der Waals surface area (Å²) in [4.78, 5) is 10.9. The van der Waals surface area contributed by atoms with Gasteiger partial charge in [-0.05, 0) is 16.8 Å². The lowest BCUT2D eigenvalue weighted by atomic mass is 10.1. The van der Waals surface area contributed by atoms with Crippen LogP contribution in [0.4, 0.5) is 0 Å². The first-order valence-electron chi connectivity index (χ1n) is 6.41. The van der Waals surface area contributed by atoms with Crippen LogP contribution >= 0.6 is 0 Å². The standard InChI is InChI=1S/C11H18N4O4/c1-2-3-8(6-10(16)17)15-11(12-13-14-15)9-7-18-4-5-19-9/h8-9H,2-7H2,1H3,(H,16,17). The fourth-order valence-corrected chi connectivity index (χ4v) is 2.16. The molecule has 19 heavy (non-hydrogen) atoms. The van der Waals surface area contributed by atoms with E-state index in [2.05, 4.69) is 15.5 Å². The molecule has 0 aromatic carbocycles. The molecule has 0 saturated carbocycles. The molecular weight excluding hydrogens is 252 g/mol. The van der Waals surface area contributed by atoms with Gasteiger partial charge in [0, 0.05) is 0 Å². The monoisotopic (exact) mass is 270 g/mol. The van der Waals surface area contributed by atoms with Crippen LogP contribution in [0.25, 0.3) is 0 Å². The minimum atomic E-state index is -0.860. The molecule has 2 unspecified atom stereocenters. The molecule has 1 aromatic heterocycles. The fraction of sp³-hybridized carbons (Fsp3) is 0.818. The lowest BCUT2D eigenvalue weighted by Crippen LogP contribution is -2.27. The first-order chi connectivity index (χ1) is 9.22. The number of carboxylic acids is 1. The Morgan fingerprint density at radius 1 is 1.58 bits per heavy atom. The quantitative estimate of drug-likeness (QED) is 0.806. The van der Waals surface area contributed by atoms with Crippen molar-refractivity contribution in [3.8, 4) is 0 Å². The van der Waals surface area contributed by atoms with Gasteiger partial charge in [0.05, 0.1) is 32.3 Å².